The van der Waals surface area contributed by atoms with Crippen molar-refractivity contribution in [2.24, 2.45) is 0 Å². The molecule has 2 heterocycles. The van der Waals surface area contributed by atoms with Crippen molar-refractivity contribution in [3.63, 3.8) is 0 Å². The Bertz CT molecular complexity index is 707. The molecule has 2 aromatic rings. The van der Waals surface area contributed by atoms with Crippen LogP contribution in [0.5, 0.6) is 5.75 Å². The molecule has 0 aliphatic carbocycles. The molecule has 23 heavy (non-hydrogen) atoms. The average Bonchev–Trinajstić information content (AvgIpc) is 2.61. The first-order chi connectivity index (χ1) is 11.2. The van der Waals surface area contributed by atoms with Crippen LogP contribution in [0.3, 0.4) is 0 Å². The van der Waals surface area contributed by atoms with E-state index in [0.29, 0.717) is 22.3 Å². The number of amides is 1. The Labute approximate surface area is 140 Å². The minimum atomic E-state index is 0.00369. The van der Waals surface area contributed by atoms with E-state index in [1.807, 2.05) is 24.1 Å². The predicted molar refractivity (Wildman–Crippen MR) is 90.9 cm³/mol. The van der Waals surface area contributed by atoms with Crippen LogP contribution in [0.2, 0.25) is 5.02 Å². The van der Waals surface area contributed by atoms with E-state index >= 15 is 0 Å². The first-order valence-electron chi connectivity index (χ1n) is 7.80. The average molecular weight is 334 g/mol. The van der Waals surface area contributed by atoms with Gasteiger partial charge in [0.15, 0.2) is 6.61 Å². The molecule has 1 saturated heterocycles. The lowest BCUT2D eigenvalue weighted by molar-refractivity contribution is -0.134. The van der Waals surface area contributed by atoms with Gasteiger partial charge in [0.05, 0.1) is 5.02 Å². The van der Waals surface area contributed by atoms with Gasteiger partial charge in [-0.1, -0.05) is 11.6 Å². The molecule has 1 aromatic carbocycles. The number of likely N-dealkylation sites (tertiary alicyclic amines) is 1. The molecule has 1 amide bonds. The van der Waals surface area contributed by atoms with Gasteiger partial charge in [0.1, 0.15) is 11.3 Å². The summed E-state index contributed by atoms with van der Waals surface area (Å²) in [4.78, 5) is 18.5. The van der Waals surface area contributed by atoms with Gasteiger partial charge in [0.25, 0.3) is 5.91 Å². The van der Waals surface area contributed by atoms with Crippen LogP contribution in [-0.2, 0) is 4.79 Å². The fourth-order valence-corrected chi connectivity index (χ4v) is 3.11. The molecule has 0 saturated carbocycles. The Kier molecular flexibility index (Phi) is 4.98. The number of nitrogens with zero attached hydrogens (tertiary/aromatic N) is 2. The monoisotopic (exact) mass is 333 g/mol. The molecule has 1 unspecified atom stereocenters. The minimum absolute atomic E-state index is 0.00369. The lowest BCUT2D eigenvalue weighted by atomic mass is 10.1. The smallest absolute Gasteiger partial charge is 0.260 e. The van der Waals surface area contributed by atoms with Crippen LogP contribution >= 0.6 is 11.6 Å². The number of halogens is 1. The third-order valence-electron chi connectivity index (χ3n) is 4.21. The van der Waals surface area contributed by atoms with Crippen LogP contribution in [0.25, 0.3) is 10.9 Å². The Morgan fingerprint density at radius 3 is 3.17 bits per heavy atom. The van der Waals surface area contributed by atoms with E-state index in [1.54, 1.807) is 18.3 Å². The van der Waals surface area contributed by atoms with Crippen LogP contribution < -0.4 is 10.1 Å². The standard InChI is InChI=1S/C17H20ClN3O2/c1-19-12-4-3-9-21(10-12)16(22)11-23-15-7-6-14(18)13-5-2-8-20-17(13)15/h2,5-8,12,19H,3-4,9-11H2,1H3. The lowest BCUT2D eigenvalue weighted by Gasteiger charge is -2.32. The molecule has 3 rings (SSSR count). The Morgan fingerprint density at radius 2 is 2.35 bits per heavy atom. The first kappa shape index (κ1) is 16.0. The first-order valence-corrected chi connectivity index (χ1v) is 8.18. The number of nitrogens with one attached hydrogen (secondary N) is 1. The summed E-state index contributed by atoms with van der Waals surface area (Å²) in [5.74, 6) is 0.588. The van der Waals surface area contributed by atoms with E-state index in [0.717, 1.165) is 31.3 Å². The molecule has 0 bridgehead atoms. The molecule has 1 atom stereocenters. The van der Waals surface area contributed by atoms with Crippen molar-refractivity contribution < 1.29 is 9.53 Å². The van der Waals surface area contributed by atoms with Crippen molar-refractivity contribution in [2.45, 2.75) is 18.9 Å². The number of aromatic nitrogens is 1. The van der Waals surface area contributed by atoms with Gasteiger partial charge in [-0.15, -0.1) is 0 Å². The molecule has 1 aliphatic rings. The summed E-state index contributed by atoms with van der Waals surface area (Å²) in [6, 6.07) is 7.61. The van der Waals surface area contributed by atoms with Gasteiger partial charge in [-0.25, -0.2) is 0 Å². The number of benzene rings is 1. The summed E-state index contributed by atoms with van der Waals surface area (Å²) in [6.07, 6.45) is 3.81. The van der Waals surface area contributed by atoms with Crippen LogP contribution in [0.1, 0.15) is 12.8 Å². The number of carbonyl (C=O) groups is 1. The van der Waals surface area contributed by atoms with Crippen LogP contribution in [0.15, 0.2) is 30.5 Å². The summed E-state index contributed by atoms with van der Waals surface area (Å²) >= 11 is 6.17. The number of carbonyl (C=O) groups excluding carboxylic acids is 1. The molecule has 122 valence electrons. The van der Waals surface area contributed by atoms with Crippen molar-refractivity contribution in [2.75, 3.05) is 26.7 Å². The van der Waals surface area contributed by atoms with Crippen molar-refractivity contribution in [1.82, 2.24) is 15.2 Å². The number of piperidine rings is 1. The quantitative estimate of drug-likeness (QED) is 0.934. The second-order valence-corrected chi connectivity index (χ2v) is 6.11. The van der Waals surface area contributed by atoms with Gasteiger partial charge in [0, 0.05) is 30.7 Å². The maximum atomic E-state index is 12.4. The van der Waals surface area contributed by atoms with E-state index < -0.39 is 0 Å². The van der Waals surface area contributed by atoms with Crippen LogP contribution in [0, 0.1) is 0 Å². The normalized spacial score (nSPS) is 18.2. The zero-order chi connectivity index (χ0) is 16.2. The minimum Gasteiger partial charge on any atom is -0.481 e. The van der Waals surface area contributed by atoms with Crippen LogP contribution in [0.4, 0.5) is 0 Å². The van der Waals surface area contributed by atoms with Gasteiger partial charge in [-0.05, 0) is 44.2 Å². The van der Waals surface area contributed by atoms with E-state index in [1.165, 1.54) is 0 Å². The number of fused-ring (bicyclic) bond motifs is 1. The molecule has 6 heteroatoms. The summed E-state index contributed by atoms with van der Waals surface area (Å²) in [7, 11) is 1.93. The summed E-state index contributed by atoms with van der Waals surface area (Å²) in [5, 5.41) is 4.68. The number of hydrogen-bond donors (Lipinski definition) is 1. The highest BCUT2D eigenvalue weighted by Crippen LogP contribution is 2.29. The molecule has 1 N–H and O–H groups in total. The zero-order valence-corrected chi connectivity index (χ0v) is 13.8. The molecule has 5 nitrogen and oxygen atoms in total. The Balaban J connectivity index is 1.69. The topological polar surface area (TPSA) is 54.5 Å². The third-order valence-corrected chi connectivity index (χ3v) is 4.54. The van der Waals surface area contributed by atoms with Gasteiger partial charge in [-0.2, -0.15) is 0 Å². The van der Waals surface area contributed by atoms with Gasteiger partial charge < -0.3 is 15.0 Å². The molecule has 1 fully saturated rings. The van der Waals surface area contributed by atoms with E-state index in [-0.39, 0.29) is 12.5 Å². The lowest BCUT2D eigenvalue weighted by Crippen LogP contribution is -2.48. The van der Waals surface area contributed by atoms with E-state index in [9.17, 15) is 4.79 Å². The van der Waals surface area contributed by atoms with Gasteiger partial charge in [0.2, 0.25) is 0 Å². The number of hydrogen-bond acceptors (Lipinski definition) is 4. The number of rotatable bonds is 4. The van der Waals surface area contributed by atoms with E-state index in [2.05, 4.69) is 10.3 Å². The summed E-state index contributed by atoms with van der Waals surface area (Å²) < 4.78 is 5.73. The largest absolute Gasteiger partial charge is 0.481 e. The molecular formula is C17H20ClN3O2. The fourth-order valence-electron chi connectivity index (χ4n) is 2.90. The van der Waals surface area contributed by atoms with Crippen molar-refractivity contribution in [3.8, 4) is 5.75 Å². The maximum absolute atomic E-state index is 12.4. The van der Waals surface area contributed by atoms with Crippen LogP contribution in [-0.4, -0.2) is 48.6 Å². The summed E-state index contributed by atoms with van der Waals surface area (Å²) in [5.41, 5.74) is 0.680. The zero-order valence-electron chi connectivity index (χ0n) is 13.1. The highest BCUT2D eigenvalue weighted by molar-refractivity contribution is 6.35. The molecule has 1 aromatic heterocycles. The second kappa shape index (κ2) is 7.15. The number of pyridine rings is 1. The summed E-state index contributed by atoms with van der Waals surface area (Å²) in [6.45, 7) is 1.54. The molecule has 0 spiro atoms. The Hall–Kier alpha value is -1.85. The highest BCUT2D eigenvalue weighted by atomic mass is 35.5. The predicted octanol–water partition coefficient (Wildman–Crippen LogP) is 2.48. The highest BCUT2D eigenvalue weighted by Gasteiger charge is 2.23. The van der Waals surface area contributed by atoms with Crippen molar-refractivity contribution >= 4 is 28.4 Å². The van der Waals surface area contributed by atoms with Gasteiger partial charge >= 0.3 is 0 Å². The number of likely N-dealkylation sites (N-methyl/N-ethyl adjacent to an activating group) is 1. The van der Waals surface area contributed by atoms with Gasteiger partial charge in [-0.3, -0.25) is 9.78 Å². The molecule has 1 aliphatic heterocycles. The SMILES string of the molecule is CNC1CCCN(C(=O)COc2ccc(Cl)c3cccnc23)C1. The maximum Gasteiger partial charge on any atom is 0.260 e. The van der Waals surface area contributed by atoms with Crippen molar-refractivity contribution in [1.29, 1.82) is 0 Å². The fraction of sp³-hybridized carbons (Fsp3) is 0.412. The molecule has 0 radical (unpaired) electrons. The third kappa shape index (κ3) is 3.57. The van der Waals surface area contributed by atoms with E-state index in [4.69, 9.17) is 16.3 Å². The van der Waals surface area contributed by atoms with Crippen molar-refractivity contribution in [3.05, 3.63) is 35.5 Å². The second-order valence-electron chi connectivity index (χ2n) is 5.70. The molecular weight excluding hydrogens is 314 g/mol. The Morgan fingerprint density at radius 1 is 1.48 bits per heavy atom. The number of ether oxygens (including phenoxy) is 1.